The van der Waals surface area contributed by atoms with Crippen LogP contribution in [0.3, 0.4) is 0 Å². The van der Waals surface area contributed by atoms with Gasteiger partial charge in [-0.1, -0.05) is 6.08 Å². The lowest BCUT2D eigenvalue weighted by molar-refractivity contribution is 0.618. The number of terminal acetylenes is 1. The molecule has 0 heterocycles. The number of allylic oxidation sites excluding steroid dienone is 2. The Bertz CT molecular complexity index is 231. The molecule has 12 heavy (non-hydrogen) atoms. The van der Waals surface area contributed by atoms with Crippen molar-refractivity contribution in [3.8, 4) is 12.3 Å². The molecule has 0 radical (unpaired) electrons. The summed E-state index contributed by atoms with van der Waals surface area (Å²) >= 11 is 0. The van der Waals surface area contributed by atoms with Crippen LogP contribution in [0, 0.1) is 12.3 Å². The lowest BCUT2D eigenvalue weighted by Gasteiger charge is -2.18. The van der Waals surface area contributed by atoms with E-state index in [1.165, 1.54) is 0 Å². The van der Waals surface area contributed by atoms with Gasteiger partial charge in [-0.3, -0.25) is 4.99 Å². The quantitative estimate of drug-likeness (QED) is 0.346. The molecule has 2 nitrogen and oxygen atoms in total. The summed E-state index contributed by atoms with van der Waals surface area (Å²) < 4.78 is 0. The average molecular weight is 164 g/mol. The standard InChI is InChI=1S/C10H16N2/c1-6-7-8-9(2)12(5)10(3)11-4/h1,8H,7H2,2-5H3/b9-8+,11-10?. The first-order valence-corrected chi connectivity index (χ1v) is 3.90. The minimum atomic E-state index is 0.674. The second-order valence-electron chi connectivity index (χ2n) is 2.58. The molecule has 66 valence electrons. The normalized spacial score (nSPS) is 12.6. The Hall–Kier alpha value is -1.23. The molecule has 0 spiro atoms. The number of nitrogens with zero attached hydrogens (tertiary/aromatic N) is 2. The lowest BCUT2D eigenvalue weighted by atomic mass is 10.3. The van der Waals surface area contributed by atoms with Gasteiger partial charge in [-0.25, -0.2) is 0 Å². The van der Waals surface area contributed by atoms with Crippen LogP contribution in [-0.4, -0.2) is 24.8 Å². The third kappa shape index (κ3) is 3.25. The van der Waals surface area contributed by atoms with E-state index in [1.807, 2.05) is 31.9 Å². The topological polar surface area (TPSA) is 15.6 Å². The van der Waals surface area contributed by atoms with E-state index in [9.17, 15) is 0 Å². The van der Waals surface area contributed by atoms with Crippen LogP contribution in [-0.2, 0) is 0 Å². The fraction of sp³-hybridized carbons (Fsp3) is 0.500. The molecule has 0 bridgehead atoms. The van der Waals surface area contributed by atoms with Gasteiger partial charge in [0.25, 0.3) is 0 Å². The van der Waals surface area contributed by atoms with Crippen LogP contribution in [0.2, 0.25) is 0 Å². The summed E-state index contributed by atoms with van der Waals surface area (Å²) in [6, 6.07) is 0. The number of amidine groups is 1. The van der Waals surface area contributed by atoms with Gasteiger partial charge in [0.2, 0.25) is 0 Å². The Morgan fingerprint density at radius 3 is 2.58 bits per heavy atom. The number of hydrogen-bond acceptors (Lipinski definition) is 1. The van der Waals surface area contributed by atoms with Crippen molar-refractivity contribution < 1.29 is 0 Å². The number of aliphatic imine (C=N–C) groups is 1. The summed E-state index contributed by atoms with van der Waals surface area (Å²) in [6.45, 7) is 3.99. The van der Waals surface area contributed by atoms with E-state index < -0.39 is 0 Å². The van der Waals surface area contributed by atoms with Crippen molar-refractivity contribution >= 4 is 5.84 Å². The molecule has 0 aliphatic rings. The van der Waals surface area contributed by atoms with Gasteiger partial charge in [0, 0.05) is 26.2 Å². The summed E-state index contributed by atoms with van der Waals surface area (Å²) in [6.07, 6.45) is 7.82. The summed E-state index contributed by atoms with van der Waals surface area (Å²) in [5.74, 6) is 3.55. The highest BCUT2D eigenvalue weighted by Crippen LogP contribution is 2.02. The molecular weight excluding hydrogens is 148 g/mol. The van der Waals surface area contributed by atoms with Crippen LogP contribution in [0.25, 0.3) is 0 Å². The molecule has 0 aromatic carbocycles. The zero-order valence-electron chi connectivity index (χ0n) is 8.26. The smallest absolute Gasteiger partial charge is 0.0993 e. The van der Waals surface area contributed by atoms with Gasteiger partial charge < -0.3 is 4.90 Å². The minimum Gasteiger partial charge on any atom is -0.338 e. The van der Waals surface area contributed by atoms with Crippen molar-refractivity contribution in [2.45, 2.75) is 20.3 Å². The van der Waals surface area contributed by atoms with Gasteiger partial charge in [-0.2, -0.15) is 0 Å². The first-order valence-electron chi connectivity index (χ1n) is 3.90. The second-order valence-corrected chi connectivity index (χ2v) is 2.58. The van der Waals surface area contributed by atoms with Crippen molar-refractivity contribution in [3.63, 3.8) is 0 Å². The molecule has 0 atom stereocenters. The minimum absolute atomic E-state index is 0.674. The van der Waals surface area contributed by atoms with Crippen molar-refractivity contribution in [1.82, 2.24) is 4.90 Å². The highest BCUT2D eigenvalue weighted by Gasteiger charge is 1.99. The van der Waals surface area contributed by atoms with Gasteiger partial charge in [-0.05, 0) is 13.8 Å². The summed E-state index contributed by atoms with van der Waals surface area (Å²) in [7, 11) is 3.75. The van der Waals surface area contributed by atoms with Crippen LogP contribution < -0.4 is 0 Å². The first-order chi connectivity index (χ1) is 5.63. The molecule has 0 aromatic heterocycles. The molecule has 0 saturated carbocycles. The maximum atomic E-state index is 5.14. The van der Waals surface area contributed by atoms with E-state index in [1.54, 1.807) is 7.05 Å². The Morgan fingerprint density at radius 1 is 1.58 bits per heavy atom. The highest BCUT2D eigenvalue weighted by molar-refractivity contribution is 5.80. The molecule has 0 aliphatic heterocycles. The zero-order valence-corrected chi connectivity index (χ0v) is 8.26. The lowest BCUT2D eigenvalue weighted by Crippen LogP contribution is -2.21. The number of hydrogen-bond donors (Lipinski definition) is 0. The highest BCUT2D eigenvalue weighted by atomic mass is 15.2. The molecule has 2 heteroatoms. The molecule has 0 aliphatic carbocycles. The van der Waals surface area contributed by atoms with E-state index in [2.05, 4.69) is 10.9 Å². The third-order valence-electron chi connectivity index (χ3n) is 1.85. The largest absolute Gasteiger partial charge is 0.338 e. The monoisotopic (exact) mass is 164 g/mol. The fourth-order valence-corrected chi connectivity index (χ4v) is 0.749. The molecule has 0 rings (SSSR count). The Morgan fingerprint density at radius 2 is 2.17 bits per heavy atom. The van der Waals surface area contributed by atoms with Gasteiger partial charge in [-0.15, -0.1) is 12.3 Å². The average Bonchev–Trinajstić information content (AvgIpc) is 2.11. The van der Waals surface area contributed by atoms with Crippen LogP contribution in [0.1, 0.15) is 20.3 Å². The SMILES string of the molecule is C#CC/C=C(\C)N(C)C(C)=NC. The third-order valence-corrected chi connectivity index (χ3v) is 1.85. The van der Waals surface area contributed by atoms with E-state index >= 15 is 0 Å². The summed E-state index contributed by atoms with van der Waals surface area (Å²) in [5.41, 5.74) is 1.14. The van der Waals surface area contributed by atoms with E-state index in [4.69, 9.17) is 6.42 Å². The van der Waals surface area contributed by atoms with E-state index in [-0.39, 0.29) is 0 Å². The zero-order chi connectivity index (χ0) is 9.56. The molecule has 0 unspecified atom stereocenters. The van der Waals surface area contributed by atoms with Crippen LogP contribution in [0.4, 0.5) is 0 Å². The van der Waals surface area contributed by atoms with Crippen molar-refractivity contribution in [2.75, 3.05) is 14.1 Å². The van der Waals surface area contributed by atoms with Gasteiger partial charge >= 0.3 is 0 Å². The fourth-order valence-electron chi connectivity index (χ4n) is 0.749. The predicted octanol–water partition coefficient (Wildman–Crippen LogP) is 1.89. The van der Waals surface area contributed by atoms with E-state index in [0.29, 0.717) is 6.42 Å². The van der Waals surface area contributed by atoms with Crippen molar-refractivity contribution in [2.24, 2.45) is 4.99 Å². The predicted molar refractivity (Wildman–Crippen MR) is 54.0 cm³/mol. The number of rotatable bonds is 2. The van der Waals surface area contributed by atoms with Crippen LogP contribution in [0.15, 0.2) is 16.8 Å². The van der Waals surface area contributed by atoms with Gasteiger partial charge in [0.15, 0.2) is 0 Å². The molecule has 0 amide bonds. The molecule has 0 fully saturated rings. The first kappa shape index (κ1) is 10.8. The van der Waals surface area contributed by atoms with Crippen molar-refractivity contribution in [1.29, 1.82) is 0 Å². The molecule has 0 N–H and O–H groups in total. The van der Waals surface area contributed by atoms with Gasteiger partial charge in [0.05, 0.1) is 5.84 Å². The maximum Gasteiger partial charge on any atom is 0.0993 e. The Balaban J connectivity index is 4.30. The molecule has 0 aromatic rings. The van der Waals surface area contributed by atoms with Gasteiger partial charge in [0.1, 0.15) is 0 Å². The summed E-state index contributed by atoms with van der Waals surface area (Å²) in [5, 5.41) is 0. The maximum absolute atomic E-state index is 5.14. The molecule has 0 saturated heterocycles. The molecular formula is C10H16N2. The second kappa shape index (κ2) is 5.42. The Labute approximate surface area is 75.0 Å². The summed E-state index contributed by atoms with van der Waals surface area (Å²) in [4.78, 5) is 6.08. The van der Waals surface area contributed by atoms with Crippen LogP contribution >= 0.6 is 0 Å². The van der Waals surface area contributed by atoms with Crippen molar-refractivity contribution in [3.05, 3.63) is 11.8 Å². The van der Waals surface area contributed by atoms with E-state index in [0.717, 1.165) is 11.5 Å². The van der Waals surface area contributed by atoms with Crippen LogP contribution in [0.5, 0.6) is 0 Å². The Kier molecular flexibility index (Phi) is 4.87.